The van der Waals surface area contributed by atoms with Gasteiger partial charge in [-0.15, -0.1) is 0 Å². The van der Waals surface area contributed by atoms with Crippen LogP contribution in [-0.4, -0.2) is 40.9 Å². The fraction of sp³-hybridized carbons (Fsp3) is 0.192. The van der Waals surface area contributed by atoms with E-state index in [-0.39, 0.29) is 42.8 Å². The summed E-state index contributed by atoms with van der Waals surface area (Å²) in [5, 5.41) is 21.7. The van der Waals surface area contributed by atoms with Crippen LogP contribution in [0, 0.1) is 34.2 Å². The Labute approximate surface area is 209 Å². The van der Waals surface area contributed by atoms with Crippen LogP contribution < -0.4 is 10.1 Å². The number of ether oxygens (including phenoxy) is 2. The Balaban J connectivity index is 1.46. The van der Waals surface area contributed by atoms with E-state index in [0.717, 1.165) is 18.2 Å². The van der Waals surface area contributed by atoms with Gasteiger partial charge >= 0.3 is 0 Å². The maximum Gasteiger partial charge on any atom is 0.289 e. The predicted molar refractivity (Wildman–Crippen MR) is 130 cm³/mol. The molecule has 1 atom stereocenters. The van der Waals surface area contributed by atoms with Crippen molar-refractivity contribution < 1.29 is 27.8 Å². The van der Waals surface area contributed by atoms with E-state index in [4.69, 9.17) is 9.47 Å². The van der Waals surface area contributed by atoms with Crippen molar-refractivity contribution in [3.05, 3.63) is 71.8 Å². The van der Waals surface area contributed by atoms with Crippen LogP contribution in [0.15, 0.2) is 53.8 Å². The lowest BCUT2D eigenvalue weighted by atomic mass is 9.93. The highest BCUT2D eigenvalue weighted by Crippen LogP contribution is 2.39. The number of aliphatic hydroxyl groups is 1. The fourth-order valence-electron chi connectivity index (χ4n) is 3.88. The van der Waals surface area contributed by atoms with E-state index in [1.165, 1.54) is 24.4 Å². The van der Waals surface area contributed by atoms with Crippen LogP contribution in [0.4, 0.5) is 18.9 Å². The van der Waals surface area contributed by atoms with Crippen molar-refractivity contribution in [2.24, 2.45) is 10.4 Å². The zero-order valence-electron chi connectivity index (χ0n) is 19.5. The van der Waals surface area contributed by atoms with Crippen LogP contribution >= 0.6 is 0 Å². The first-order valence-corrected chi connectivity index (χ1v) is 11.2. The summed E-state index contributed by atoms with van der Waals surface area (Å²) in [6.07, 6.45) is 2.95. The summed E-state index contributed by atoms with van der Waals surface area (Å²) < 4.78 is 55.2. The van der Waals surface area contributed by atoms with Gasteiger partial charge in [-0.2, -0.15) is 5.26 Å². The third-order valence-corrected chi connectivity index (χ3v) is 5.88. The van der Waals surface area contributed by atoms with Crippen molar-refractivity contribution >= 4 is 22.7 Å². The molecule has 0 amide bonds. The average molecular weight is 507 g/mol. The number of anilines is 1. The second-order valence-corrected chi connectivity index (χ2v) is 8.95. The number of fused-ring (bicyclic) bond motifs is 1. The Hall–Kier alpha value is -4.56. The average Bonchev–Trinajstić information content (AvgIpc) is 3.32. The topological polar surface area (TPSA) is 116 Å². The van der Waals surface area contributed by atoms with Gasteiger partial charge in [0.05, 0.1) is 30.2 Å². The highest BCUT2D eigenvalue weighted by molar-refractivity contribution is 5.98. The molecule has 0 saturated carbocycles. The molecule has 0 saturated heterocycles. The minimum Gasteiger partial charge on any atom is -0.464 e. The SMILES string of the molecule is CC1(CO)CN=C(Nc2cc(F)c(Oc3ccnc4[nH]cc(-c5cc(F)cc(C#N)c5)c34)c(F)c2)OC1. The Kier molecular flexibility index (Phi) is 6.19. The number of nitriles is 1. The molecule has 3 heterocycles. The molecular weight excluding hydrogens is 487 g/mol. The number of nitrogens with one attached hydrogen (secondary N) is 2. The van der Waals surface area contributed by atoms with Crippen molar-refractivity contribution in [2.45, 2.75) is 6.92 Å². The zero-order valence-corrected chi connectivity index (χ0v) is 19.5. The quantitative estimate of drug-likeness (QED) is 0.346. The van der Waals surface area contributed by atoms with Crippen molar-refractivity contribution in [1.29, 1.82) is 5.26 Å². The van der Waals surface area contributed by atoms with Gasteiger partial charge in [0.1, 0.15) is 23.8 Å². The summed E-state index contributed by atoms with van der Waals surface area (Å²) in [5.74, 6) is -3.16. The number of aromatic nitrogens is 2. The Morgan fingerprint density at radius 2 is 2.00 bits per heavy atom. The molecule has 2 aromatic carbocycles. The molecule has 0 bridgehead atoms. The lowest BCUT2D eigenvalue weighted by Gasteiger charge is -2.30. The van der Waals surface area contributed by atoms with E-state index in [0.29, 0.717) is 22.2 Å². The number of aliphatic hydroxyl groups excluding tert-OH is 1. The molecule has 11 heteroatoms. The summed E-state index contributed by atoms with van der Waals surface area (Å²) in [6.45, 7) is 2.18. The minimum absolute atomic E-state index is 0.0553. The van der Waals surface area contributed by atoms with Crippen LogP contribution in [0.5, 0.6) is 11.5 Å². The first-order chi connectivity index (χ1) is 17.8. The molecule has 1 unspecified atom stereocenters. The fourth-order valence-corrected chi connectivity index (χ4v) is 3.88. The number of pyridine rings is 1. The Morgan fingerprint density at radius 1 is 1.22 bits per heavy atom. The molecule has 5 rings (SSSR count). The number of aromatic amines is 1. The number of amidine groups is 1. The number of hydrogen-bond donors (Lipinski definition) is 3. The molecule has 8 nitrogen and oxygen atoms in total. The molecule has 0 spiro atoms. The lowest BCUT2D eigenvalue weighted by molar-refractivity contribution is 0.0706. The van der Waals surface area contributed by atoms with E-state index >= 15 is 8.78 Å². The highest BCUT2D eigenvalue weighted by atomic mass is 19.1. The van der Waals surface area contributed by atoms with Gasteiger partial charge in [0.15, 0.2) is 17.4 Å². The Bertz CT molecular complexity index is 1560. The van der Waals surface area contributed by atoms with E-state index < -0.39 is 28.6 Å². The maximum absolute atomic E-state index is 15.0. The molecule has 1 aliphatic rings. The monoisotopic (exact) mass is 507 g/mol. The molecular formula is C26H20F3N5O3. The Morgan fingerprint density at radius 3 is 2.68 bits per heavy atom. The van der Waals surface area contributed by atoms with Crippen LogP contribution in [0.3, 0.4) is 0 Å². The van der Waals surface area contributed by atoms with E-state index in [1.54, 1.807) is 13.1 Å². The standard InChI is InChI=1S/C26H20F3N5O3/c1-26(12-35)11-33-25(36-13-26)34-17-7-19(28)23(20(29)8-17)37-21-2-3-31-24-22(21)18(10-32-24)15-4-14(9-30)5-16(27)6-15/h2-8,10,35H,11-13H2,1H3,(H,31,32)(H,33,34). The summed E-state index contributed by atoms with van der Waals surface area (Å²) in [4.78, 5) is 11.3. The van der Waals surface area contributed by atoms with Gasteiger partial charge in [0, 0.05) is 41.2 Å². The summed E-state index contributed by atoms with van der Waals surface area (Å²) in [6, 6.07) is 9.30. The normalized spacial score (nSPS) is 17.1. The number of benzene rings is 2. The van der Waals surface area contributed by atoms with Crippen molar-refractivity contribution in [3.8, 4) is 28.7 Å². The smallest absolute Gasteiger partial charge is 0.289 e. The van der Waals surface area contributed by atoms with Crippen molar-refractivity contribution in [2.75, 3.05) is 25.1 Å². The number of halogens is 3. The molecule has 0 aliphatic carbocycles. The third-order valence-electron chi connectivity index (χ3n) is 5.88. The third kappa shape index (κ3) is 4.79. The second kappa shape index (κ2) is 9.48. The van der Waals surface area contributed by atoms with Gasteiger partial charge in [-0.1, -0.05) is 6.92 Å². The number of rotatable bonds is 5. The van der Waals surface area contributed by atoms with Gasteiger partial charge in [-0.25, -0.2) is 23.1 Å². The van der Waals surface area contributed by atoms with E-state index in [2.05, 4.69) is 20.3 Å². The van der Waals surface area contributed by atoms with E-state index in [9.17, 15) is 14.8 Å². The number of nitrogens with zero attached hydrogens (tertiary/aromatic N) is 3. The zero-order chi connectivity index (χ0) is 26.2. The molecule has 1 aliphatic heterocycles. The highest BCUT2D eigenvalue weighted by Gasteiger charge is 2.29. The predicted octanol–water partition coefficient (Wildman–Crippen LogP) is 5.11. The van der Waals surface area contributed by atoms with Gasteiger partial charge < -0.3 is 24.9 Å². The van der Waals surface area contributed by atoms with Crippen LogP contribution in [0.25, 0.3) is 22.2 Å². The van der Waals surface area contributed by atoms with Gasteiger partial charge in [0.2, 0.25) is 0 Å². The minimum atomic E-state index is -0.987. The molecule has 3 N–H and O–H groups in total. The molecule has 0 fully saturated rings. The number of aliphatic imine (C=N–C) groups is 1. The molecule has 4 aromatic rings. The summed E-state index contributed by atoms with van der Waals surface area (Å²) >= 11 is 0. The first kappa shape index (κ1) is 24.1. The first-order valence-electron chi connectivity index (χ1n) is 11.2. The van der Waals surface area contributed by atoms with Crippen molar-refractivity contribution in [3.63, 3.8) is 0 Å². The van der Waals surface area contributed by atoms with E-state index in [1.807, 2.05) is 6.07 Å². The molecule has 0 radical (unpaired) electrons. The molecule has 188 valence electrons. The van der Waals surface area contributed by atoms with Crippen LogP contribution in [-0.2, 0) is 4.74 Å². The number of H-pyrrole nitrogens is 1. The van der Waals surface area contributed by atoms with Crippen LogP contribution in [0.1, 0.15) is 12.5 Å². The van der Waals surface area contributed by atoms with Crippen molar-refractivity contribution in [1.82, 2.24) is 9.97 Å². The maximum atomic E-state index is 15.0. The van der Waals surface area contributed by atoms with Gasteiger partial charge in [-0.05, 0) is 29.8 Å². The lowest BCUT2D eigenvalue weighted by Crippen LogP contribution is -2.38. The van der Waals surface area contributed by atoms with Gasteiger partial charge in [0.25, 0.3) is 6.02 Å². The summed E-state index contributed by atoms with van der Waals surface area (Å²) in [5.41, 5.74) is 0.802. The molecule has 2 aromatic heterocycles. The van der Waals surface area contributed by atoms with Crippen LogP contribution in [0.2, 0.25) is 0 Å². The summed E-state index contributed by atoms with van der Waals surface area (Å²) in [7, 11) is 0. The largest absolute Gasteiger partial charge is 0.464 e. The second-order valence-electron chi connectivity index (χ2n) is 8.95. The number of hydrogen-bond acceptors (Lipinski definition) is 7. The van der Waals surface area contributed by atoms with Gasteiger partial charge in [-0.3, -0.25) is 0 Å². The molecule has 37 heavy (non-hydrogen) atoms.